The maximum Gasteiger partial charge on any atom is 0.573 e. The lowest BCUT2D eigenvalue weighted by Gasteiger charge is -2.31. The quantitative estimate of drug-likeness (QED) is 0.267. The smallest absolute Gasteiger partial charge is 0.481 e. The van der Waals surface area contributed by atoms with Crippen molar-refractivity contribution in [2.75, 3.05) is 20.1 Å². The fourth-order valence-electron chi connectivity index (χ4n) is 5.02. The van der Waals surface area contributed by atoms with Gasteiger partial charge in [-0.25, -0.2) is 4.31 Å². The van der Waals surface area contributed by atoms with Crippen molar-refractivity contribution in [3.8, 4) is 5.75 Å². The van der Waals surface area contributed by atoms with Crippen molar-refractivity contribution in [3.63, 3.8) is 0 Å². The number of fused-ring (bicyclic) bond motifs is 1. The number of halogens is 3. The molecule has 2 aromatic carbocycles. The van der Waals surface area contributed by atoms with Crippen LogP contribution in [0, 0.1) is 5.92 Å². The Hall–Kier alpha value is -2.27. The van der Waals surface area contributed by atoms with Crippen LogP contribution >= 0.6 is 11.9 Å². The van der Waals surface area contributed by atoms with Crippen molar-refractivity contribution >= 4 is 17.9 Å². The highest BCUT2D eigenvalue weighted by Gasteiger charge is 2.31. The van der Waals surface area contributed by atoms with Crippen LogP contribution in [0.5, 0.6) is 5.75 Å². The summed E-state index contributed by atoms with van der Waals surface area (Å²) in [5, 5.41) is 23.0. The molecule has 6 nitrogen and oxygen atoms in total. The molecule has 10 heteroatoms. The number of nitrogens with zero attached hydrogens (tertiary/aromatic N) is 1. The maximum absolute atomic E-state index is 12.8. The molecule has 0 aromatic heterocycles. The molecule has 0 saturated carbocycles. The number of β-amino-alcohol motifs (C(OH)–C–C–N with tert-alkyl or cyclic N) is 1. The summed E-state index contributed by atoms with van der Waals surface area (Å²) in [7, 11) is 1.76. The summed E-state index contributed by atoms with van der Waals surface area (Å²) in [6.45, 7) is 4.95. The van der Waals surface area contributed by atoms with Crippen molar-refractivity contribution < 1.29 is 32.9 Å². The van der Waals surface area contributed by atoms with Crippen molar-refractivity contribution in [1.82, 2.24) is 9.62 Å². The number of nitrogens with one attached hydrogen (secondary N) is 1. The largest absolute Gasteiger partial charge is 0.573 e. The van der Waals surface area contributed by atoms with Crippen LogP contribution in [0.4, 0.5) is 13.2 Å². The molecule has 0 heterocycles. The van der Waals surface area contributed by atoms with E-state index in [9.17, 15) is 23.1 Å². The van der Waals surface area contributed by atoms with Gasteiger partial charge in [-0.3, -0.25) is 4.79 Å². The van der Waals surface area contributed by atoms with Crippen LogP contribution < -0.4 is 10.1 Å². The number of ether oxygens (including phenoxy) is 1. The summed E-state index contributed by atoms with van der Waals surface area (Å²) in [4.78, 5) is 11.3. The minimum absolute atomic E-state index is 0.0735. The summed E-state index contributed by atoms with van der Waals surface area (Å²) in [6, 6.07) is 12.8. The normalized spacial score (nSPS) is 15.1. The first-order valence-corrected chi connectivity index (χ1v) is 13.6. The minimum atomic E-state index is -4.83. The Morgan fingerprint density at radius 1 is 1.18 bits per heavy atom. The molecule has 0 unspecified atom stereocenters. The van der Waals surface area contributed by atoms with E-state index in [0.717, 1.165) is 19.3 Å². The lowest BCUT2D eigenvalue weighted by molar-refractivity contribution is -0.274. The molecule has 0 bridgehead atoms. The molecule has 0 spiro atoms. The van der Waals surface area contributed by atoms with E-state index in [1.54, 1.807) is 17.4 Å². The van der Waals surface area contributed by atoms with Gasteiger partial charge in [0.2, 0.25) is 0 Å². The maximum atomic E-state index is 12.8. The molecule has 1 aliphatic rings. The van der Waals surface area contributed by atoms with Gasteiger partial charge in [0.1, 0.15) is 5.75 Å². The number of hydrogen-bond donors (Lipinski definition) is 3. The van der Waals surface area contributed by atoms with Gasteiger partial charge in [-0.05, 0) is 106 Å². The first-order chi connectivity index (χ1) is 17.8. The summed E-state index contributed by atoms with van der Waals surface area (Å²) < 4.78 is 44.3. The van der Waals surface area contributed by atoms with Gasteiger partial charge < -0.3 is 20.3 Å². The highest BCUT2D eigenvalue weighted by Crippen LogP contribution is 2.33. The van der Waals surface area contributed by atoms with E-state index in [0.29, 0.717) is 42.3 Å². The molecule has 0 aliphatic heterocycles. The molecule has 1 aliphatic carbocycles. The summed E-state index contributed by atoms with van der Waals surface area (Å²) in [6.07, 6.45) is -1.85. The summed E-state index contributed by atoms with van der Waals surface area (Å²) >= 11 is 1.20. The van der Waals surface area contributed by atoms with E-state index in [2.05, 4.69) is 48.2 Å². The van der Waals surface area contributed by atoms with Crippen LogP contribution in [0.2, 0.25) is 0 Å². The predicted octanol–water partition coefficient (Wildman–Crippen LogP) is 5.47. The Morgan fingerprint density at radius 3 is 2.45 bits per heavy atom. The number of alkyl halides is 3. The standard InChI is InChI=1S/C28H37F3N2O4S/c1-27(2,16-20-11-21-8-4-5-9-22(21)12-20)32-17-23(34)18-33(3)38-25-14-19(7-6-10-26(35)36)13-24(15-25)37-28(29,30)31/h4-5,8-9,13-15,20,23,32,34H,6-7,10-12,16-18H2,1-3H3,(H,35,36)/t23-/m1/s1. The van der Waals surface area contributed by atoms with E-state index >= 15 is 0 Å². The number of likely N-dealkylation sites (N-methyl/N-ethyl adjacent to an activating group) is 1. The van der Waals surface area contributed by atoms with Crippen LogP contribution in [0.25, 0.3) is 0 Å². The number of hydrogen-bond acceptors (Lipinski definition) is 6. The van der Waals surface area contributed by atoms with Gasteiger partial charge >= 0.3 is 12.3 Å². The number of aryl methyl sites for hydroxylation is 1. The van der Waals surface area contributed by atoms with Crippen LogP contribution in [-0.4, -0.2) is 58.6 Å². The number of benzene rings is 2. The van der Waals surface area contributed by atoms with Crippen LogP contribution in [-0.2, 0) is 24.1 Å². The van der Waals surface area contributed by atoms with Gasteiger partial charge in [0.05, 0.1) is 6.10 Å². The number of aliphatic hydroxyl groups excluding tert-OH is 1. The molecule has 3 rings (SSSR count). The molecular formula is C28H37F3N2O4S. The molecule has 0 radical (unpaired) electrons. The van der Waals surface area contributed by atoms with Crippen molar-refractivity contribution in [3.05, 3.63) is 59.2 Å². The second-order valence-electron chi connectivity index (χ2n) is 10.7. The first kappa shape index (κ1) is 30.3. The fraction of sp³-hybridized carbons (Fsp3) is 0.536. The van der Waals surface area contributed by atoms with Crippen LogP contribution in [0.15, 0.2) is 47.4 Å². The Bertz CT molecular complexity index is 1060. The number of aliphatic carboxylic acids is 1. The van der Waals surface area contributed by atoms with E-state index in [1.165, 1.54) is 35.2 Å². The predicted molar refractivity (Wildman–Crippen MR) is 142 cm³/mol. The molecule has 38 heavy (non-hydrogen) atoms. The molecule has 210 valence electrons. The lowest BCUT2D eigenvalue weighted by atomic mass is 9.88. The van der Waals surface area contributed by atoms with Gasteiger partial charge in [0, 0.05) is 29.9 Å². The van der Waals surface area contributed by atoms with Gasteiger partial charge in [0.25, 0.3) is 0 Å². The third-order valence-corrected chi connectivity index (χ3v) is 7.42. The zero-order valence-electron chi connectivity index (χ0n) is 22.1. The van der Waals surface area contributed by atoms with Gasteiger partial charge in [-0.2, -0.15) is 0 Å². The molecule has 0 saturated heterocycles. The Morgan fingerprint density at radius 2 is 1.84 bits per heavy atom. The van der Waals surface area contributed by atoms with Gasteiger partial charge in [-0.1, -0.05) is 24.3 Å². The number of carboxylic acid groups (broad SMARTS) is 1. The summed E-state index contributed by atoms with van der Waals surface area (Å²) in [5.41, 5.74) is 3.23. The zero-order chi connectivity index (χ0) is 27.9. The fourth-order valence-corrected chi connectivity index (χ4v) is 6.00. The molecule has 0 fully saturated rings. The Balaban J connectivity index is 1.51. The molecular weight excluding hydrogens is 517 g/mol. The van der Waals surface area contributed by atoms with Crippen molar-refractivity contribution in [2.45, 2.75) is 75.3 Å². The van der Waals surface area contributed by atoms with Crippen LogP contribution in [0.1, 0.15) is 49.8 Å². The number of carboxylic acids is 1. The van der Waals surface area contributed by atoms with Crippen molar-refractivity contribution in [1.29, 1.82) is 0 Å². The van der Waals surface area contributed by atoms with E-state index in [4.69, 9.17) is 5.11 Å². The third-order valence-electron chi connectivity index (χ3n) is 6.51. The van der Waals surface area contributed by atoms with Crippen LogP contribution in [0.3, 0.4) is 0 Å². The highest BCUT2D eigenvalue weighted by atomic mass is 32.2. The van der Waals surface area contributed by atoms with Crippen molar-refractivity contribution in [2.24, 2.45) is 5.92 Å². The number of rotatable bonds is 14. The summed E-state index contributed by atoms with van der Waals surface area (Å²) in [5.74, 6) is -0.749. The molecule has 2 aromatic rings. The minimum Gasteiger partial charge on any atom is -0.481 e. The second kappa shape index (κ2) is 13.2. The SMILES string of the molecule is CN(C[C@H](O)CNC(C)(C)CC1Cc2ccccc2C1)Sc1cc(CCCC(=O)O)cc(OC(F)(F)F)c1. The zero-order valence-corrected chi connectivity index (χ0v) is 22.9. The molecule has 0 amide bonds. The lowest BCUT2D eigenvalue weighted by Crippen LogP contribution is -2.46. The second-order valence-corrected chi connectivity index (χ2v) is 12.0. The average molecular weight is 555 g/mol. The average Bonchev–Trinajstić information content (AvgIpc) is 3.17. The third kappa shape index (κ3) is 10.5. The van der Waals surface area contributed by atoms with E-state index < -0.39 is 18.4 Å². The Labute approximate surface area is 226 Å². The monoisotopic (exact) mass is 554 g/mol. The van der Waals surface area contributed by atoms with E-state index in [1.807, 2.05) is 0 Å². The Kier molecular flexibility index (Phi) is 10.5. The van der Waals surface area contributed by atoms with Gasteiger partial charge in [0.15, 0.2) is 0 Å². The number of aliphatic hydroxyl groups is 1. The number of carbonyl (C=O) groups is 1. The highest BCUT2D eigenvalue weighted by molar-refractivity contribution is 7.97. The topological polar surface area (TPSA) is 82.0 Å². The van der Waals surface area contributed by atoms with E-state index in [-0.39, 0.29) is 17.7 Å². The molecule has 1 atom stereocenters. The molecule has 3 N–H and O–H groups in total. The first-order valence-electron chi connectivity index (χ1n) is 12.8. The van der Waals surface area contributed by atoms with Gasteiger partial charge in [-0.15, -0.1) is 13.2 Å².